The van der Waals surface area contributed by atoms with Crippen LogP contribution < -0.4 is 5.73 Å². The van der Waals surface area contributed by atoms with Crippen LogP contribution in [0.15, 0.2) is 5.38 Å². The van der Waals surface area contributed by atoms with E-state index in [1.807, 2.05) is 5.38 Å². The molecule has 1 aromatic heterocycles. The summed E-state index contributed by atoms with van der Waals surface area (Å²) in [5.74, 6) is -2.28. The molecule has 3 aliphatic rings. The van der Waals surface area contributed by atoms with Crippen LogP contribution >= 0.6 is 11.3 Å². The van der Waals surface area contributed by atoms with Crippen LogP contribution in [0.4, 0.5) is 0 Å². The minimum absolute atomic E-state index is 0.191. The predicted molar refractivity (Wildman–Crippen MR) is 138 cm³/mol. The largest absolute Gasteiger partial charge is 0.481 e. The van der Waals surface area contributed by atoms with Gasteiger partial charge in [-0.2, -0.15) is 0 Å². The van der Waals surface area contributed by atoms with Gasteiger partial charge in [-0.1, -0.05) is 25.7 Å². The van der Waals surface area contributed by atoms with Crippen molar-refractivity contribution in [2.75, 3.05) is 0 Å². The Morgan fingerprint density at radius 3 is 2.19 bits per heavy atom. The van der Waals surface area contributed by atoms with E-state index in [0.717, 1.165) is 76.3 Å². The number of thiazole rings is 1. The van der Waals surface area contributed by atoms with E-state index in [9.17, 15) is 19.2 Å². The van der Waals surface area contributed by atoms with Crippen molar-refractivity contribution in [1.82, 2.24) is 9.88 Å². The van der Waals surface area contributed by atoms with Gasteiger partial charge in [0.2, 0.25) is 5.91 Å². The summed E-state index contributed by atoms with van der Waals surface area (Å²) in [4.78, 5) is 52.5. The molecule has 10 heteroatoms. The third-order valence-corrected chi connectivity index (χ3v) is 9.85. The maximum absolute atomic E-state index is 12.6. The van der Waals surface area contributed by atoms with Crippen LogP contribution in [0.25, 0.3) is 0 Å². The van der Waals surface area contributed by atoms with Crippen molar-refractivity contribution in [3.8, 4) is 0 Å². The van der Waals surface area contributed by atoms with Gasteiger partial charge in [0.25, 0.3) is 5.91 Å². The molecule has 0 bridgehead atoms. The molecule has 2 amide bonds. The number of carbonyl (C=O) groups excluding carboxylic acids is 2. The monoisotopic (exact) mass is 533 g/mol. The Kier molecular flexibility index (Phi) is 9.21. The number of nitrogens with two attached hydrogens (primary N) is 1. The second kappa shape index (κ2) is 12.4. The van der Waals surface area contributed by atoms with Crippen LogP contribution in [-0.4, -0.2) is 55.9 Å². The number of carboxylic acids is 2. The zero-order valence-corrected chi connectivity index (χ0v) is 22.2. The Hall–Kier alpha value is -2.49. The van der Waals surface area contributed by atoms with E-state index in [2.05, 4.69) is 9.88 Å². The van der Waals surface area contributed by atoms with Crippen LogP contribution in [-0.2, 0) is 20.8 Å². The van der Waals surface area contributed by atoms with Crippen LogP contribution in [0, 0.1) is 23.7 Å². The first-order chi connectivity index (χ1) is 17.7. The fraction of sp³-hybridized carbons (Fsp3) is 0.741. The molecule has 37 heavy (non-hydrogen) atoms. The molecular weight excluding hydrogens is 494 g/mol. The molecule has 3 fully saturated rings. The van der Waals surface area contributed by atoms with Crippen LogP contribution in [0.1, 0.15) is 99.0 Å². The Balaban J connectivity index is 1.17. The summed E-state index contributed by atoms with van der Waals surface area (Å²) in [7, 11) is 0. The molecule has 1 atom stereocenters. The molecule has 1 aliphatic heterocycles. The van der Waals surface area contributed by atoms with E-state index < -0.39 is 23.8 Å². The van der Waals surface area contributed by atoms with E-state index in [1.54, 1.807) is 0 Å². The van der Waals surface area contributed by atoms with E-state index in [1.165, 1.54) is 11.3 Å². The highest BCUT2D eigenvalue weighted by Gasteiger charge is 2.46. The maximum Gasteiger partial charge on any atom is 0.317 e. The molecule has 204 valence electrons. The number of hydrogen-bond donors (Lipinski definition) is 3. The van der Waals surface area contributed by atoms with Crippen molar-refractivity contribution in [2.24, 2.45) is 29.4 Å². The number of aromatic nitrogens is 1. The van der Waals surface area contributed by atoms with E-state index in [0.29, 0.717) is 53.6 Å². The van der Waals surface area contributed by atoms with Gasteiger partial charge in [0.15, 0.2) is 10.9 Å². The molecule has 1 unspecified atom stereocenters. The van der Waals surface area contributed by atoms with Crippen LogP contribution in [0.3, 0.4) is 0 Å². The van der Waals surface area contributed by atoms with Gasteiger partial charge in [0.05, 0.1) is 5.69 Å². The lowest BCUT2D eigenvalue weighted by atomic mass is 9.72. The summed E-state index contributed by atoms with van der Waals surface area (Å²) in [5, 5.41) is 20.4. The van der Waals surface area contributed by atoms with Gasteiger partial charge in [-0.15, -0.1) is 11.3 Å². The SMILES string of the molecule is NC(=O)c1nc(CCC2CCC(N3C(=O)CC3C3CCC(CCCC(C(=O)O)C(=O)O)CC3)CC2)cs1. The Labute approximate surface area is 221 Å². The molecule has 4 N–H and O–H groups in total. The predicted octanol–water partition coefficient (Wildman–Crippen LogP) is 4.10. The molecule has 1 saturated heterocycles. The summed E-state index contributed by atoms with van der Waals surface area (Å²) >= 11 is 1.31. The molecule has 9 nitrogen and oxygen atoms in total. The highest BCUT2D eigenvalue weighted by atomic mass is 32.1. The molecule has 1 aromatic rings. The molecule has 0 aromatic carbocycles. The van der Waals surface area contributed by atoms with Gasteiger partial charge in [0.1, 0.15) is 0 Å². The second-order valence-electron chi connectivity index (χ2n) is 11.2. The number of aliphatic carboxylic acids is 2. The third kappa shape index (κ3) is 6.89. The van der Waals surface area contributed by atoms with E-state index >= 15 is 0 Å². The first-order valence-corrected chi connectivity index (χ1v) is 14.6. The van der Waals surface area contributed by atoms with Crippen molar-refractivity contribution in [1.29, 1.82) is 0 Å². The molecule has 0 spiro atoms. The van der Waals surface area contributed by atoms with Crippen molar-refractivity contribution < 1.29 is 29.4 Å². The summed E-state index contributed by atoms with van der Waals surface area (Å²) in [6.07, 6.45) is 13.0. The number of rotatable bonds is 12. The minimum atomic E-state index is -1.30. The summed E-state index contributed by atoms with van der Waals surface area (Å²) in [6, 6.07) is 0.713. The van der Waals surface area contributed by atoms with Crippen molar-refractivity contribution in [3.63, 3.8) is 0 Å². The number of nitrogens with zero attached hydrogens (tertiary/aromatic N) is 2. The van der Waals surface area contributed by atoms with Crippen molar-refractivity contribution >= 4 is 35.1 Å². The van der Waals surface area contributed by atoms with E-state index in [4.69, 9.17) is 15.9 Å². The fourth-order valence-electron chi connectivity index (χ4n) is 6.75. The Morgan fingerprint density at radius 2 is 1.62 bits per heavy atom. The maximum atomic E-state index is 12.6. The normalized spacial score (nSPS) is 28.2. The van der Waals surface area contributed by atoms with Gasteiger partial charge >= 0.3 is 11.9 Å². The standard InChI is InChI=1S/C27H39N3O6S/c28-24(32)25-29-19(15-37-25)11-6-17-7-12-20(13-8-17)30-22(14-23(30)31)18-9-4-16(5-10-18)2-1-3-21(26(33)34)27(35)36/h15-18,20-22H,1-14H2,(H2,28,32)(H,33,34)(H,35,36). The first-order valence-electron chi connectivity index (χ1n) is 13.7. The molecule has 4 rings (SSSR count). The highest BCUT2D eigenvalue weighted by molar-refractivity contribution is 7.11. The molecule has 2 aliphatic carbocycles. The van der Waals surface area contributed by atoms with Crippen molar-refractivity contribution in [3.05, 3.63) is 16.1 Å². The number of primary amides is 1. The van der Waals surface area contributed by atoms with Gasteiger partial charge in [-0.3, -0.25) is 19.2 Å². The van der Waals surface area contributed by atoms with Gasteiger partial charge in [0, 0.05) is 23.9 Å². The Morgan fingerprint density at radius 1 is 1.00 bits per heavy atom. The van der Waals surface area contributed by atoms with Crippen LogP contribution in [0.2, 0.25) is 0 Å². The number of β-lactam (4-membered cyclic amide) rings is 1. The van der Waals surface area contributed by atoms with E-state index in [-0.39, 0.29) is 6.42 Å². The lowest BCUT2D eigenvalue weighted by Crippen LogP contribution is -2.61. The van der Waals surface area contributed by atoms with Gasteiger partial charge in [-0.25, -0.2) is 4.98 Å². The summed E-state index contributed by atoms with van der Waals surface area (Å²) in [5.41, 5.74) is 6.24. The second-order valence-corrected chi connectivity index (χ2v) is 12.1. The number of amides is 2. The number of aryl methyl sites for hydroxylation is 1. The number of hydrogen-bond acceptors (Lipinski definition) is 6. The zero-order chi connectivity index (χ0) is 26.5. The van der Waals surface area contributed by atoms with Gasteiger partial charge < -0.3 is 20.8 Å². The van der Waals surface area contributed by atoms with Crippen molar-refractivity contribution in [2.45, 2.75) is 102 Å². The number of carbonyl (C=O) groups is 4. The summed E-state index contributed by atoms with van der Waals surface area (Å²) < 4.78 is 0. The lowest BCUT2D eigenvalue weighted by molar-refractivity contribution is -0.157. The number of likely N-dealkylation sites (tertiary alicyclic amines) is 1. The smallest absolute Gasteiger partial charge is 0.317 e. The molecular formula is C27H39N3O6S. The quantitative estimate of drug-likeness (QED) is 0.270. The van der Waals surface area contributed by atoms with Gasteiger partial charge in [-0.05, 0) is 75.5 Å². The Bertz CT molecular complexity index is 967. The summed E-state index contributed by atoms with van der Waals surface area (Å²) in [6.45, 7) is 0. The zero-order valence-electron chi connectivity index (χ0n) is 21.3. The number of carboxylic acid groups (broad SMARTS) is 2. The van der Waals surface area contributed by atoms with Crippen LogP contribution in [0.5, 0.6) is 0 Å². The molecule has 2 saturated carbocycles. The molecule has 0 radical (unpaired) electrons. The first kappa shape index (κ1) is 27.5. The average Bonchev–Trinajstić information content (AvgIpc) is 3.34. The molecule has 2 heterocycles. The highest BCUT2D eigenvalue weighted by Crippen LogP contribution is 2.43. The topological polar surface area (TPSA) is 151 Å². The third-order valence-electron chi connectivity index (χ3n) is 8.95. The minimum Gasteiger partial charge on any atom is -0.481 e. The lowest BCUT2D eigenvalue weighted by Gasteiger charge is -2.52. The fourth-order valence-corrected chi connectivity index (χ4v) is 7.45. The average molecular weight is 534 g/mol.